The zero-order chi connectivity index (χ0) is 14.7. The fourth-order valence-electron chi connectivity index (χ4n) is 4.04. The van der Waals surface area contributed by atoms with Gasteiger partial charge in [0.05, 0.1) is 11.4 Å². The molecule has 1 aromatic carbocycles. The van der Waals surface area contributed by atoms with E-state index in [2.05, 4.69) is 53.4 Å². The second-order valence-corrected chi connectivity index (χ2v) is 6.82. The van der Waals surface area contributed by atoms with Gasteiger partial charge in [0.2, 0.25) is 0 Å². The predicted molar refractivity (Wildman–Crippen MR) is 91.4 cm³/mol. The Labute approximate surface area is 129 Å². The Balaban J connectivity index is 1.79. The molecule has 2 aliphatic rings. The molecule has 1 N–H and O–H groups in total. The molecule has 0 amide bonds. The third-order valence-corrected chi connectivity index (χ3v) is 5.28. The summed E-state index contributed by atoms with van der Waals surface area (Å²) in [5, 5.41) is 3.62. The van der Waals surface area contributed by atoms with Gasteiger partial charge in [-0.3, -0.25) is 0 Å². The summed E-state index contributed by atoms with van der Waals surface area (Å²) in [7, 11) is 2.21. The zero-order valence-corrected chi connectivity index (χ0v) is 13.6. The molecule has 1 fully saturated rings. The first-order valence-corrected chi connectivity index (χ1v) is 8.50. The summed E-state index contributed by atoms with van der Waals surface area (Å²) in [6.45, 7) is 7.98. The Kier molecular flexibility index (Phi) is 4.39. The fourth-order valence-corrected chi connectivity index (χ4v) is 4.04. The molecular weight excluding hydrogens is 258 g/mol. The average molecular weight is 287 g/mol. The number of hydrogen-bond acceptors (Lipinski definition) is 3. The van der Waals surface area contributed by atoms with Crippen LogP contribution < -0.4 is 15.1 Å². The smallest absolute Gasteiger partial charge is 0.0604 e. The van der Waals surface area contributed by atoms with E-state index in [4.69, 9.17) is 0 Å². The van der Waals surface area contributed by atoms with E-state index in [0.29, 0.717) is 5.41 Å². The van der Waals surface area contributed by atoms with Gasteiger partial charge in [0.1, 0.15) is 0 Å². The second-order valence-electron chi connectivity index (χ2n) is 6.82. The summed E-state index contributed by atoms with van der Waals surface area (Å²) < 4.78 is 0. The number of nitrogens with one attached hydrogen (secondary N) is 1. The summed E-state index contributed by atoms with van der Waals surface area (Å²) >= 11 is 0. The maximum atomic E-state index is 3.62. The first kappa shape index (κ1) is 14.7. The third-order valence-electron chi connectivity index (χ3n) is 5.28. The fraction of sp³-hybridized carbons (Fsp3) is 0.667. The van der Waals surface area contributed by atoms with Crippen LogP contribution in [-0.2, 0) is 0 Å². The number of anilines is 2. The lowest BCUT2D eigenvalue weighted by Crippen LogP contribution is -2.47. The van der Waals surface area contributed by atoms with Gasteiger partial charge in [0.25, 0.3) is 0 Å². The molecule has 1 aliphatic heterocycles. The van der Waals surface area contributed by atoms with Crippen LogP contribution in [0, 0.1) is 5.41 Å². The van der Waals surface area contributed by atoms with E-state index < -0.39 is 0 Å². The Morgan fingerprint density at radius 1 is 1.10 bits per heavy atom. The lowest BCUT2D eigenvalue weighted by Gasteiger charge is -2.42. The Bertz CT molecular complexity index is 465. The van der Waals surface area contributed by atoms with E-state index >= 15 is 0 Å². The third kappa shape index (κ3) is 3.03. The van der Waals surface area contributed by atoms with Crippen molar-refractivity contribution < 1.29 is 0 Å². The van der Waals surface area contributed by atoms with E-state index in [0.717, 1.165) is 19.6 Å². The predicted octanol–water partition coefficient (Wildman–Crippen LogP) is 3.11. The molecule has 1 heterocycles. The minimum absolute atomic E-state index is 0.485. The van der Waals surface area contributed by atoms with Gasteiger partial charge >= 0.3 is 0 Å². The molecule has 3 rings (SSSR count). The monoisotopic (exact) mass is 287 g/mol. The van der Waals surface area contributed by atoms with Crippen molar-refractivity contribution in [1.29, 1.82) is 0 Å². The van der Waals surface area contributed by atoms with E-state index in [1.165, 1.54) is 50.1 Å². The highest BCUT2D eigenvalue weighted by molar-refractivity contribution is 5.73. The highest BCUT2D eigenvalue weighted by Gasteiger charge is 2.36. The first-order valence-electron chi connectivity index (χ1n) is 8.50. The molecule has 3 nitrogen and oxygen atoms in total. The van der Waals surface area contributed by atoms with E-state index in [9.17, 15) is 0 Å². The van der Waals surface area contributed by atoms with Crippen LogP contribution in [0.25, 0.3) is 0 Å². The minimum atomic E-state index is 0.485. The van der Waals surface area contributed by atoms with Gasteiger partial charge < -0.3 is 15.1 Å². The Morgan fingerprint density at radius 3 is 2.52 bits per heavy atom. The summed E-state index contributed by atoms with van der Waals surface area (Å²) in [4.78, 5) is 5.02. The SMILES string of the molecule is CCNCC1(CN2CCN(C)c3ccccc32)CCCC1. The maximum absolute atomic E-state index is 3.62. The summed E-state index contributed by atoms with van der Waals surface area (Å²) in [5.41, 5.74) is 3.30. The number of benzene rings is 1. The van der Waals surface area contributed by atoms with Crippen LogP contribution in [0.3, 0.4) is 0 Å². The molecule has 1 aromatic rings. The zero-order valence-electron chi connectivity index (χ0n) is 13.6. The highest BCUT2D eigenvalue weighted by atomic mass is 15.3. The van der Waals surface area contributed by atoms with E-state index in [-0.39, 0.29) is 0 Å². The average Bonchev–Trinajstić information content (AvgIpc) is 2.97. The van der Waals surface area contributed by atoms with Crippen LogP contribution >= 0.6 is 0 Å². The van der Waals surface area contributed by atoms with Crippen LogP contribution in [0.1, 0.15) is 32.6 Å². The number of hydrogen-bond donors (Lipinski definition) is 1. The van der Waals surface area contributed by atoms with Crippen LogP contribution in [-0.4, -0.2) is 39.8 Å². The number of fused-ring (bicyclic) bond motifs is 1. The van der Waals surface area contributed by atoms with Gasteiger partial charge in [0, 0.05) is 38.6 Å². The Hall–Kier alpha value is -1.22. The molecule has 1 saturated carbocycles. The maximum Gasteiger partial charge on any atom is 0.0604 e. The minimum Gasteiger partial charge on any atom is -0.371 e. The van der Waals surface area contributed by atoms with Crippen molar-refractivity contribution in [2.75, 3.05) is 49.6 Å². The van der Waals surface area contributed by atoms with Crippen molar-refractivity contribution in [1.82, 2.24) is 5.32 Å². The van der Waals surface area contributed by atoms with Crippen molar-refractivity contribution in [2.45, 2.75) is 32.6 Å². The summed E-state index contributed by atoms with van der Waals surface area (Å²) in [5.74, 6) is 0. The molecule has 0 spiro atoms. The van der Waals surface area contributed by atoms with Gasteiger partial charge in [-0.1, -0.05) is 31.9 Å². The van der Waals surface area contributed by atoms with Gasteiger partial charge in [-0.25, -0.2) is 0 Å². The highest BCUT2D eigenvalue weighted by Crippen LogP contribution is 2.41. The first-order chi connectivity index (χ1) is 10.2. The van der Waals surface area contributed by atoms with Crippen LogP contribution in [0.2, 0.25) is 0 Å². The van der Waals surface area contributed by atoms with Gasteiger partial charge in [0.15, 0.2) is 0 Å². The molecule has 0 aromatic heterocycles. The Morgan fingerprint density at radius 2 is 1.81 bits per heavy atom. The lowest BCUT2D eigenvalue weighted by atomic mass is 9.85. The van der Waals surface area contributed by atoms with Crippen LogP contribution in [0.15, 0.2) is 24.3 Å². The molecule has 0 bridgehead atoms. The number of likely N-dealkylation sites (N-methyl/N-ethyl adjacent to an activating group) is 1. The number of nitrogens with zero attached hydrogens (tertiary/aromatic N) is 2. The molecule has 0 radical (unpaired) electrons. The van der Waals surface area contributed by atoms with Gasteiger partial charge in [-0.2, -0.15) is 0 Å². The standard InChI is InChI=1S/C18H29N3/c1-3-19-14-18(10-6-7-11-18)15-21-13-12-20(2)16-8-4-5-9-17(16)21/h4-5,8-9,19H,3,6-7,10-15H2,1-2H3. The molecular formula is C18H29N3. The summed E-state index contributed by atoms with van der Waals surface area (Å²) in [6.07, 6.45) is 5.57. The van der Waals surface area contributed by atoms with E-state index in [1.54, 1.807) is 0 Å². The van der Waals surface area contributed by atoms with Crippen LogP contribution in [0.5, 0.6) is 0 Å². The van der Waals surface area contributed by atoms with Crippen molar-refractivity contribution in [3.05, 3.63) is 24.3 Å². The number of para-hydroxylation sites is 2. The van der Waals surface area contributed by atoms with Crippen molar-refractivity contribution in [3.8, 4) is 0 Å². The molecule has 3 heteroatoms. The van der Waals surface area contributed by atoms with Crippen molar-refractivity contribution in [2.24, 2.45) is 5.41 Å². The van der Waals surface area contributed by atoms with Crippen molar-refractivity contribution in [3.63, 3.8) is 0 Å². The molecule has 0 saturated heterocycles. The number of rotatable bonds is 5. The molecule has 21 heavy (non-hydrogen) atoms. The topological polar surface area (TPSA) is 18.5 Å². The lowest BCUT2D eigenvalue weighted by molar-refractivity contribution is 0.285. The van der Waals surface area contributed by atoms with Gasteiger partial charge in [-0.05, 0) is 31.5 Å². The van der Waals surface area contributed by atoms with Crippen molar-refractivity contribution >= 4 is 11.4 Å². The molecule has 116 valence electrons. The van der Waals surface area contributed by atoms with E-state index in [1.807, 2.05) is 0 Å². The molecule has 1 aliphatic carbocycles. The quantitative estimate of drug-likeness (QED) is 0.897. The van der Waals surface area contributed by atoms with Crippen LogP contribution in [0.4, 0.5) is 11.4 Å². The molecule has 0 unspecified atom stereocenters. The molecule has 0 atom stereocenters. The summed E-state index contributed by atoms with van der Waals surface area (Å²) in [6, 6.07) is 8.88. The second kappa shape index (κ2) is 6.27. The normalized spacial score (nSPS) is 20.7. The largest absolute Gasteiger partial charge is 0.371 e. The van der Waals surface area contributed by atoms with Gasteiger partial charge in [-0.15, -0.1) is 0 Å².